The quantitative estimate of drug-likeness (QED) is 0.588. The lowest BCUT2D eigenvalue weighted by Crippen LogP contribution is -2.48. The van der Waals surface area contributed by atoms with Gasteiger partial charge in [-0.05, 0) is 24.2 Å². The molecule has 1 aromatic rings. The molecule has 5 heteroatoms. The van der Waals surface area contributed by atoms with Crippen molar-refractivity contribution in [2.24, 2.45) is 28.6 Å². The van der Waals surface area contributed by atoms with Crippen molar-refractivity contribution in [3.8, 4) is 0 Å². The van der Waals surface area contributed by atoms with E-state index < -0.39 is 5.97 Å². The van der Waals surface area contributed by atoms with Crippen LogP contribution in [-0.4, -0.2) is 30.9 Å². The second-order valence-corrected chi connectivity index (χ2v) is 9.16. The fourth-order valence-electron chi connectivity index (χ4n) is 5.70. The first-order valence-corrected chi connectivity index (χ1v) is 9.88. The number of carbonyl (C=O) groups excluding carboxylic acids is 3. The van der Waals surface area contributed by atoms with Crippen LogP contribution in [-0.2, 0) is 19.1 Å². The second kappa shape index (κ2) is 6.57. The molecule has 0 aromatic heterocycles. The zero-order chi connectivity index (χ0) is 20.1. The van der Waals surface area contributed by atoms with Gasteiger partial charge in [0, 0.05) is 22.5 Å². The van der Waals surface area contributed by atoms with E-state index in [-0.39, 0.29) is 53.6 Å². The van der Waals surface area contributed by atoms with Gasteiger partial charge in [-0.2, -0.15) is 0 Å². The number of ketones is 1. The highest BCUT2D eigenvalue weighted by Gasteiger charge is 2.65. The number of hydrogen-bond acceptors (Lipinski definition) is 5. The lowest BCUT2D eigenvalue weighted by atomic mass is 9.61. The predicted octanol–water partition coefficient (Wildman–Crippen LogP) is 3.58. The van der Waals surface area contributed by atoms with Crippen LogP contribution in [0.4, 0.5) is 0 Å². The fraction of sp³-hybridized carbons (Fsp3) is 0.522. The summed E-state index contributed by atoms with van der Waals surface area (Å²) in [5.74, 6) is -1.14. The molecule has 28 heavy (non-hydrogen) atoms. The Labute approximate surface area is 165 Å². The Morgan fingerprint density at radius 3 is 2.64 bits per heavy atom. The molecule has 0 amide bonds. The van der Waals surface area contributed by atoms with Crippen LogP contribution in [0, 0.1) is 28.6 Å². The first kappa shape index (κ1) is 18.9. The predicted molar refractivity (Wildman–Crippen MR) is 102 cm³/mol. The molecule has 4 rings (SSSR count). The number of esters is 2. The van der Waals surface area contributed by atoms with Gasteiger partial charge in [0.15, 0.2) is 12.4 Å². The number of hydrogen-bond donors (Lipinski definition) is 0. The number of Topliss-reactive ketones (excluding diaryl/α,β-unsaturated/α-hetero) is 1. The van der Waals surface area contributed by atoms with Crippen LogP contribution in [0.1, 0.15) is 44.0 Å². The molecule has 1 spiro atoms. The molecule has 5 nitrogen and oxygen atoms in total. The Morgan fingerprint density at radius 1 is 1.21 bits per heavy atom. The molecule has 148 valence electrons. The zero-order valence-corrected chi connectivity index (χ0v) is 16.6. The number of rotatable bonds is 4. The van der Waals surface area contributed by atoms with Crippen LogP contribution in [0.25, 0.3) is 0 Å². The van der Waals surface area contributed by atoms with E-state index in [9.17, 15) is 14.4 Å². The molecule has 3 aliphatic rings. The molecule has 0 bridgehead atoms. The van der Waals surface area contributed by atoms with E-state index in [1.165, 1.54) is 0 Å². The van der Waals surface area contributed by atoms with Crippen molar-refractivity contribution in [3.05, 3.63) is 47.5 Å². The molecule has 1 aromatic carbocycles. The van der Waals surface area contributed by atoms with Crippen molar-refractivity contribution in [2.45, 2.75) is 33.6 Å². The number of carbonyl (C=O) groups is 3. The minimum atomic E-state index is -0.467. The van der Waals surface area contributed by atoms with Crippen LogP contribution in [0.3, 0.4) is 0 Å². The zero-order valence-electron chi connectivity index (χ0n) is 16.6. The molecular weight excluding hydrogens is 356 g/mol. The summed E-state index contributed by atoms with van der Waals surface area (Å²) in [6, 6.07) is 8.79. The van der Waals surface area contributed by atoms with Crippen LogP contribution in [0.15, 0.2) is 42.0 Å². The molecule has 4 atom stereocenters. The third-order valence-electron chi connectivity index (χ3n) is 6.87. The minimum Gasteiger partial charge on any atom is -0.465 e. The maximum atomic E-state index is 12.8. The SMILES string of the molecule is C[C@@H]1C(=O)OC[C@H]2C(C(=O)OCC(=O)c3ccccc3)=C[C@@H]3CC(C)(C)C[C@]312. The Kier molecular flexibility index (Phi) is 4.44. The maximum Gasteiger partial charge on any atom is 0.334 e. The van der Waals surface area contributed by atoms with E-state index in [1.54, 1.807) is 24.3 Å². The third kappa shape index (κ3) is 2.88. The summed E-state index contributed by atoms with van der Waals surface area (Å²) in [7, 11) is 0. The highest BCUT2D eigenvalue weighted by atomic mass is 16.5. The van der Waals surface area contributed by atoms with Gasteiger partial charge in [0.25, 0.3) is 0 Å². The van der Waals surface area contributed by atoms with Crippen molar-refractivity contribution in [2.75, 3.05) is 13.2 Å². The summed E-state index contributed by atoms with van der Waals surface area (Å²) in [4.78, 5) is 37.4. The lowest BCUT2D eigenvalue weighted by molar-refractivity contribution is -0.170. The summed E-state index contributed by atoms with van der Waals surface area (Å²) in [6.45, 7) is 6.28. The van der Waals surface area contributed by atoms with Gasteiger partial charge in [0.2, 0.25) is 0 Å². The number of cyclic esters (lactones) is 1. The Balaban J connectivity index is 1.53. The molecule has 1 heterocycles. The average molecular weight is 382 g/mol. The van der Waals surface area contributed by atoms with Gasteiger partial charge in [-0.1, -0.05) is 57.2 Å². The van der Waals surface area contributed by atoms with Gasteiger partial charge >= 0.3 is 11.9 Å². The van der Waals surface area contributed by atoms with Gasteiger partial charge in [0.1, 0.15) is 0 Å². The molecule has 2 aliphatic carbocycles. The minimum absolute atomic E-state index is 0.115. The van der Waals surface area contributed by atoms with Crippen molar-refractivity contribution in [3.63, 3.8) is 0 Å². The van der Waals surface area contributed by atoms with E-state index in [4.69, 9.17) is 9.47 Å². The average Bonchev–Trinajstić information content (AvgIpc) is 3.11. The van der Waals surface area contributed by atoms with Gasteiger partial charge in [0.05, 0.1) is 12.5 Å². The molecular formula is C23H26O5. The van der Waals surface area contributed by atoms with Gasteiger partial charge < -0.3 is 9.47 Å². The molecule has 1 saturated heterocycles. The topological polar surface area (TPSA) is 69.7 Å². The summed E-state index contributed by atoms with van der Waals surface area (Å²) < 4.78 is 10.8. The normalized spacial score (nSPS) is 32.8. The van der Waals surface area contributed by atoms with E-state index >= 15 is 0 Å². The largest absolute Gasteiger partial charge is 0.465 e. The van der Waals surface area contributed by atoms with Gasteiger partial charge in [-0.3, -0.25) is 9.59 Å². The molecule has 0 radical (unpaired) electrons. The highest BCUT2D eigenvalue weighted by Crippen LogP contribution is 2.67. The van der Waals surface area contributed by atoms with Crippen LogP contribution in [0.2, 0.25) is 0 Å². The number of ether oxygens (including phenoxy) is 2. The molecule has 0 N–H and O–H groups in total. The number of allylic oxidation sites excluding steroid dienone is 1. The number of benzene rings is 1. The molecule has 1 saturated carbocycles. The molecule has 2 fully saturated rings. The summed E-state index contributed by atoms with van der Waals surface area (Å²) in [5, 5.41) is 0. The fourth-order valence-corrected chi connectivity index (χ4v) is 5.70. The van der Waals surface area contributed by atoms with Crippen LogP contribution < -0.4 is 0 Å². The van der Waals surface area contributed by atoms with Crippen molar-refractivity contribution in [1.82, 2.24) is 0 Å². The van der Waals surface area contributed by atoms with E-state index in [0.717, 1.165) is 12.8 Å². The van der Waals surface area contributed by atoms with E-state index in [0.29, 0.717) is 11.1 Å². The van der Waals surface area contributed by atoms with Crippen molar-refractivity contribution in [1.29, 1.82) is 0 Å². The summed E-state index contributed by atoms with van der Waals surface area (Å²) in [6.07, 6.45) is 3.80. The lowest BCUT2D eigenvalue weighted by Gasteiger charge is -2.45. The highest BCUT2D eigenvalue weighted by molar-refractivity contribution is 5.99. The summed E-state index contributed by atoms with van der Waals surface area (Å²) in [5.41, 5.74) is 0.924. The smallest absolute Gasteiger partial charge is 0.334 e. The van der Waals surface area contributed by atoms with Crippen LogP contribution >= 0.6 is 0 Å². The maximum absolute atomic E-state index is 12.8. The van der Waals surface area contributed by atoms with Gasteiger partial charge in [-0.15, -0.1) is 0 Å². The van der Waals surface area contributed by atoms with Crippen LogP contribution in [0.5, 0.6) is 0 Å². The summed E-state index contributed by atoms with van der Waals surface area (Å²) >= 11 is 0. The second-order valence-electron chi connectivity index (χ2n) is 9.16. The Bertz CT molecular complexity index is 853. The monoisotopic (exact) mass is 382 g/mol. The first-order chi connectivity index (χ1) is 13.2. The van der Waals surface area contributed by atoms with Crippen molar-refractivity contribution < 1.29 is 23.9 Å². The first-order valence-electron chi connectivity index (χ1n) is 9.88. The van der Waals surface area contributed by atoms with Crippen molar-refractivity contribution >= 4 is 17.7 Å². The Hall–Kier alpha value is -2.43. The van der Waals surface area contributed by atoms with Gasteiger partial charge in [-0.25, -0.2) is 4.79 Å². The molecule has 1 aliphatic heterocycles. The van der Waals surface area contributed by atoms with E-state index in [2.05, 4.69) is 13.8 Å². The Morgan fingerprint density at radius 2 is 1.93 bits per heavy atom. The van der Waals surface area contributed by atoms with E-state index in [1.807, 2.05) is 19.1 Å². The molecule has 0 unspecified atom stereocenters. The standard InChI is InChI=1S/C23H26O5/c1-14-20(25)27-11-18-17(9-16-10-22(2,3)13-23(14,16)18)21(26)28-12-19(24)15-7-5-4-6-8-15/h4-9,14,16,18H,10-13H2,1-3H3/t14-,16-,18+,23-/m1/s1. The third-order valence-corrected chi connectivity index (χ3v) is 6.87.